The topological polar surface area (TPSA) is 145 Å². The fourth-order valence-electron chi connectivity index (χ4n) is 2.60. The Morgan fingerprint density at radius 3 is 2.13 bits per heavy atom. The third-order valence-corrected chi connectivity index (χ3v) is 5.08. The third kappa shape index (κ3) is 4.95. The first-order chi connectivity index (χ1) is 14.8. The molecule has 0 bridgehead atoms. The highest BCUT2D eigenvalue weighted by atomic mass is 32.2. The van der Waals surface area contributed by atoms with Crippen molar-refractivity contribution in [1.82, 2.24) is 0 Å². The number of aliphatic imine (C=N–C) groups is 1. The molecule has 0 aromatic heterocycles. The Kier molecular flexibility index (Phi) is 6.46. The number of nitrogens with zero attached hydrogens (tertiary/aromatic N) is 3. The molecule has 0 fully saturated rings. The van der Waals surface area contributed by atoms with Crippen molar-refractivity contribution in [3.8, 4) is 0 Å². The summed E-state index contributed by atoms with van der Waals surface area (Å²) < 4.78 is 5.01. The molecular formula is C20H15N3O7S. The normalized spacial score (nSPS) is 16.0. The van der Waals surface area contributed by atoms with E-state index in [1.165, 1.54) is 48.5 Å². The van der Waals surface area contributed by atoms with Crippen LogP contribution < -0.4 is 0 Å². The number of thioether (sulfide) groups is 1. The van der Waals surface area contributed by atoms with Crippen LogP contribution in [0.25, 0.3) is 6.08 Å². The van der Waals surface area contributed by atoms with Gasteiger partial charge in [-0.05, 0) is 42.8 Å². The number of esters is 1. The molecule has 0 aliphatic carbocycles. The minimum absolute atomic E-state index is 0.0753. The molecule has 10 nitrogen and oxygen atoms in total. The number of aliphatic hydroxyl groups is 1. The van der Waals surface area contributed by atoms with Gasteiger partial charge in [0.2, 0.25) is 0 Å². The fourth-order valence-corrected chi connectivity index (χ4v) is 3.64. The van der Waals surface area contributed by atoms with Gasteiger partial charge in [-0.2, -0.15) is 0 Å². The zero-order valence-corrected chi connectivity index (χ0v) is 16.9. The second-order valence-corrected chi connectivity index (χ2v) is 7.12. The van der Waals surface area contributed by atoms with Crippen LogP contribution in [0.1, 0.15) is 12.5 Å². The number of benzene rings is 2. The molecular weight excluding hydrogens is 426 g/mol. The number of ether oxygens (including phenoxy) is 1. The number of aliphatic hydroxyl groups excluding tert-OH is 1. The minimum atomic E-state index is -0.764. The second kappa shape index (κ2) is 9.22. The highest BCUT2D eigenvalue weighted by molar-refractivity contribution is 8.18. The first-order valence-electron chi connectivity index (χ1n) is 8.88. The summed E-state index contributed by atoms with van der Waals surface area (Å²) in [4.78, 5) is 37.6. The van der Waals surface area contributed by atoms with E-state index in [1.807, 2.05) is 0 Å². The summed E-state index contributed by atoms with van der Waals surface area (Å²) in [6.45, 7) is 1.71. The molecule has 0 radical (unpaired) electrons. The number of non-ortho nitro benzene ring substituents is 2. The molecule has 0 spiro atoms. The average molecular weight is 441 g/mol. The number of carbonyl (C=O) groups is 1. The highest BCUT2D eigenvalue weighted by Gasteiger charge is 2.33. The molecule has 0 unspecified atom stereocenters. The number of nitro benzene ring substituents is 2. The molecule has 0 atom stereocenters. The van der Waals surface area contributed by atoms with Gasteiger partial charge in [-0.15, -0.1) is 0 Å². The SMILES string of the molecule is CCOC(=O)C1=C(O)C(=Cc2ccc([N+](=O)[O-])cc2)SC1=Nc1ccc([N+](=O)[O-])cc1. The lowest BCUT2D eigenvalue weighted by molar-refractivity contribution is -0.385. The Hall–Kier alpha value is -3.99. The van der Waals surface area contributed by atoms with Gasteiger partial charge < -0.3 is 9.84 Å². The molecule has 11 heteroatoms. The number of hydrogen-bond acceptors (Lipinski definition) is 9. The van der Waals surface area contributed by atoms with Crippen molar-refractivity contribution in [2.24, 2.45) is 4.99 Å². The molecule has 0 amide bonds. The number of nitro groups is 2. The Labute approximate surface area is 179 Å². The number of hydrogen-bond donors (Lipinski definition) is 1. The monoisotopic (exact) mass is 441 g/mol. The standard InChI is InChI=1S/C20H15N3O7S/c1-2-30-20(25)17-18(24)16(11-12-3-7-14(8-4-12)22(26)27)31-19(17)21-13-5-9-15(10-6-13)23(28)29/h3-11,24H,2H2,1H3. The lowest BCUT2D eigenvalue weighted by Crippen LogP contribution is -2.12. The lowest BCUT2D eigenvalue weighted by Gasteiger charge is -2.03. The quantitative estimate of drug-likeness (QED) is 0.386. The predicted molar refractivity (Wildman–Crippen MR) is 115 cm³/mol. The Bertz CT molecular complexity index is 1140. The van der Waals surface area contributed by atoms with Crippen molar-refractivity contribution in [3.63, 3.8) is 0 Å². The van der Waals surface area contributed by atoms with E-state index >= 15 is 0 Å². The molecule has 1 heterocycles. The molecule has 1 aliphatic rings. The van der Waals surface area contributed by atoms with Gasteiger partial charge in [0.1, 0.15) is 16.4 Å². The van der Waals surface area contributed by atoms with Crippen molar-refractivity contribution in [3.05, 3.63) is 90.6 Å². The summed E-state index contributed by atoms with van der Waals surface area (Å²) >= 11 is 1.01. The van der Waals surface area contributed by atoms with E-state index < -0.39 is 15.8 Å². The molecule has 1 N–H and O–H groups in total. The molecule has 2 aromatic carbocycles. The van der Waals surface area contributed by atoms with Gasteiger partial charge in [0.05, 0.1) is 27.0 Å². The maximum absolute atomic E-state index is 12.4. The summed E-state index contributed by atoms with van der Waals surface area (Å²) in [6.07, 6.45) is 1.56. The summed E-state index contributed by atoms with van der Waals surface area (Å²) in [5.41, 5.74) is 0.608. The molecule has 1 aliphatic heterocycles. The Balaban J connectivity index is 1.99. The molecule has 158 valence electrons. The summed E-state index contributed by atoms with van der Waals surface area (Å²) in [5, 5.41) is 32.4. The van der Waals surface area contributed by atoms with E-state index in [-0.39, 0.29) is 34.4 Å². The smallest absolute Gasteiger partial charge is 0.344 e. The third-order valence-electron chi connectivity index (χ3n) is 4.06. The van der Waals surface area contributed by atoms with Gasteiger partial charge in [-0.25, -0.2) is 9.79 Å². The van der Waals surface area contributed by atoms with Crippen LogP contribution in [-0.2, 0) is 9.53 Å². The second-order valence-electron chi connectivity index (χ2n) is 6.09. The molecule has 0 saturated carbocycles. The maximum atomic E-state index is 12.4. The van der Waals surface area contributed by atoms with Gasteiger partial charge in [0.25, 0.3) is 11.4 Å². The van der Waals surface area contributed by atoms with Gasteiger partial charge in [0.15, 0.2) is 0 Å². The molecule has 3 rings (SSSR count). The first-order valence-corrected chi connectivity index (χ1v) is 9.70. The predicted octanol–water partition coefficient (Wildman–Crippen LogP) is 4.70. The first kappa shape index (κ1) is 21.7. The van der Waals surface area contributed by atoms with Gasteiger partial charge in [0, 0.05) is 24.3 Å². The van der Waals surface area contributed by atoms with Crippen molar-refractivity contribution in [1.29, 1.82) is 0 Å². The van der Waals surface area contributed by atoms with Crippen molar-refractivity contribution < 1.29 is 24.5 Å². The molecule has 2 aromatic rings. The van der Waals surface area contributed by atoms with Crippen molar-refractivity contribution >= 4 is 45.9 Å². The van der Waals surface area contributed by atoms with E-state index in [0.717, 1.165) is 11.8 Å². The number of rotatable bonds is 6. The van der Waals surface area contributed by atoms with Gasteiger partial charge in [-0.3, -0.25) is 20.2 Å². The zero-order chi connectivity index (χ0) is 22.5. The van der Waals surface area contributed by atoms with Gasteiger partial charge >= 0.3 is 5.97 Å². The minimum Gasteiger partial charge on any atom is -0.506 e. The molecule has 0 saturated heterocycles. The largest absolute Gasteiger partial charge is 0.506 e. The van der Waals surface area contributed by atoms with Crippen molar-refractivity contribution in [2.75, 3.05) is 6.61 Å². The van der Waals surface area contributed by atoms with E-state index in [9.17, 15) is 30.1 Å². The Morgan fingerprint density at radius 2 is 1.61 bits per heavy atom. The van der Waals surface area contributed by atoms with Crippen LogP contribution in [0, 0.1) is 20.2 Å². The van der Waals surface area contributed by atoms with Crippen LogP contribution in [0.4, 0.5) is 17.1 Å². The maximum Gasteiger partial charge on any atom is 0.344 e. The highest BCUT2D eigenvalue weighted by Crippen LogP contribution is 2.40. The van der Waals surface area contributed by atoms with Crippen LogP contribution in [0.5, 0.6) is 0 Å². The van der Waals surface area contributed by atoms with Gasteiger partial charge in [-0.1, -0.05) is 11.8 Å². The number of carbonyl (C=O) groups excluding carboxylic acids is 1. The molecule has 31 heavy (non-hydrogen) atoms. The van der Waals surface area contributed by atoms with E-state index in [2.05, 4.69) is 4.99 Å². The van der Waals surface area contributed by atoms with E-state index in [1.54, 1.807) is 13.0 Å². The zero-order valence-electron chi connectivity index (χ0n) is 16.0. The summed E-state index contributed by atoms with van der Waals surface area (Å²) in [5.74, 6) is -1.09. The van der Waals surface area contributed by atoms with Crippen LogP contribution >= 0.6 is 11.8 Å². The van der Waals surface area contributed by atoms with Crippen molar-refractivity contribution in [2.45, 2.75) is 6.92 Å². The van der Waals surface area contributed by atoms with Crippen LogP contribution in [0.3, 0.4) is 0 Å². The fraction of sp³-hybridized carbons (Fsp3) is 0.100. The summed E-state index contributed by atoms with van der Waals surface area (Å²) in [6, 6.07) is 11.1. The Morgan fingerprint density at radius 1 is 1.06 bits per heavy atom. The van der Waals surface area contributed by atoms with Crippen LogP contribution in [0.2, 0.25) is 0 Å². The van der Waals surface area contributed by atoms with E-state index in [0.29, 0.717) is 16.2 Å². The summed E-state index contributed by atoms with van der Waals surface area (Å²) in [7, 11) is 0. The van der Waals surface area contributed by atoms with Crippen LogP contribution in [0.15, 0.2) is 69.8 Å². The lowest BCUT2D eigenvalue weighted by atomic mass is 10.1. The van der Waals surface area contributed by atoms with E-state index in [4.69, 9.17) is 4.74 Å². The average Bonchev–Trinajstić information content (AvgIpc) is 3.03. The van der Waals surface area contributed by atoms with Crippen LogP contribution in [-0.4, -0.2) is 32.6 Å².